The molecule has 0 radical (unpaired) electrons. The summed E-state index contributed by atoms with van der Waals surface area (Å²) < 4.78 is 30.6. The number of carboxylic acids is 1. The SMILES string of the molecule is CCOCCS(=O)(=O)NCC(C(=O)O)c1ccccc1. The van der Waals surface area contributed by atoms with Gasteiger partial charge in [0.25, 0.3) is 0 Å². The van der Waals surface area contributed by atoms with Crippen LogP contribution in [0.15, 0.2) is 30.3 Å². The summed E-state index contributed by atoms with van der Waals surface area (Å²) in [6.07, 6.45) is 0. The monoisotopic (exact) mass is 301 g/mol. The highest BCUT2D eigenvalue weighted by Gasteiger charge is 2.22. The lowest BCUT2D eigenvalue weighted by Crippen LogP contribution is -2.34. The Morgan fingerprint density at radius 3 is 2.55 bits per heavy atom. The Balaban J connectivity index is 2.62. The summed E-state index contributed by atoms with van der Waals surface area (Å²) in [7, 11) is -3.53. The molecule has 0 aromatic heterocycles. The van der Waals surface area contributed by atoms with Crippen LogP contribution in [0.25, 0.3) is 0 Å². The Bertz CT molecular complexity index is 515. The van der Waals surface area contributed by atoms with E-state index in [-0.39, 0.29) is 18.9 Å². The molecule has 0 amide bonds. The van der Waals surface area contributed by atoms with Gasteiger partial charge < -0.3 is 9.84 Å². The van der Waals surface area contributed by atoms with Gasteiger partial charge >= 0.3 is 5.97 Å². The summed E-state index contributed by atoms with van der Waals surface area (Å²) in [6, 6.07) is 8.53. The molecule has 7 heteroatoms. The number of ether oxygens (including phenoxy) is 1. The number of rotatable bonds is 9. The van der Waals surface area contributed by atoms with Crippen molar-refractivity contribution in [2.45, 2.75) is 12.8 Å². The highest BCUT2D eigenvalue weighted by Crippen LogP contribution is 2.15. The van der Waals surface area contributed by atoms with E-state index < -0.39 is 21.9 Å². The Labute approximate surface area is 118 Å². The van der Waals surface area contributed by atoms with Crippen molar-refractivity contribution in [2.24, 2.45) is 0 Å². The van der Waals surface area contributed by atoms with Crippen molar-refractivity contribution < 1.29 is 23.1 Å². The zero-order valence-corrected chi connectivity index (χ0v) is 12.1. The topological polar surface area (TPSA) is 92.7 Å². The fourth-order valence-electron chi connectivity index (χ4n) is 1.63. The number of hydrogen-bond donors (Lipinski definition) is 2. The van der Waals surface area contributed by atoms with Gasteiger partial charge in [0, 0.05) is 13.2 Å². The maximum atomic E-state index is 11.7. The van der Waals surface area contributed by atoms with Gasteiger partial charge in [-0.05, 0) is 12.5 Å². The van der Waals surface area contributed by atoms with Crippen molar-refractivity contribution in [3.05, 3.63) is 35.9 Å². The van der Waals surface area contributed by atoms with Crippen molar-refractivity contribution in [3.8, 4) is 0 Å². The van der Waals surface area contributed by atoms with E-state index in [1.807, 2.05) is 0 Å². The molecular weight excluding hydrogens is 282 g/mol. The third-order valence-corrected chi connectivity index (χ3v) is 4.02. The summed E-state index contributed by atoms with van der Waals surface area (Å²) >= 11 is 0. The molecule has 0 saturated heterocycles. The Morgan fingerprint density at radius 1 is 1.35 bits per heavy atom. The Morgan fingerprint density at radius 2 is 2.00 bits per heavy atom. The lowest BCUT2D eigenvalue weighted by atomic mass is 10.00. The van der Waals surface area contributed by atoms with Crippen molar-refractivity contribution in [1.29, 1.82) is 0 Å². The van der Waals surface area contributed by atoms with Crippen LogP contribution < -0.4 is 4.72 Å². The standard InChI is InChI=1S/C13H19NO5S/c1-2-19-8-9-20(17,18)14-10-12(13(15)16)11-6-4-3-5-7-11/h3-7,12,14H,2,8-10H2,1H3,(H,15,16). The van der Waals surface area contributed by atoms with E-state index >= 15 is 0 Å². The predicted octanol–water partition coefficient (Wildman–Crippen LogP) is 0.811. The summed E-state index contributed by atoms with van der Waals surface area (Å²) in [4.78, 5) is 11.2. The van der Waals surface area contributed by atoms with Crippen LogP contribution >= 0.6 is 0 Å². The minimum Gasteiger partial charge on any atom is -0.481 e. The highest BCUT2D eigenvalue weighted by molar-refractivity contribution is 7.89. The molecule has 20 heavy (non-hydrogen) atoms. The first-order valence-electron chi connectivity index (χ1n) is 6.29. The molecule has 1 aromatic rings. The molecule has 0 bridgehead atoms. The summed E-state index contributed by atoms with van der Waals surface area (Å²) in [5.41, 5.74) is 0.563. The molecule has 1 atom stereocenters. The number of aliphatic carboxylic acids is 1. The molecule has 0 saturated carbocycles. The molecule has 112 valence electrons. The van der Waals surface area contributed by atoms with E-state index in [9.17, 15) is 18.3 Å². The summed E-state index contributed by atoms with van der Waals surface area (Å²) in [6.45, 7) is 2.13. The third kappa shape index (κ3) is 5.68. The quantitative estimate of drug-likeness (QED) is 0.658. The molecule has 1 aromatic carbocycles. The smallest absolute Gasteiger partial charge is 0.312 e. The molecule has 2 N–H and O–H groups in total. The molecule has 0 spiro atoms. The fourth-order valence-corrected chi connectivity index (χ4v) is 2.53. The van der Waals surface area contributed by atoms with Gasteiger partial charge in [-0.1, -0.05) is 30.3 Å². The van der Waals surface area contributed by atoms with Crippen LogP contribution in [0.4, 0.5) is 0 Å². The molecule has 0 aliphatic rings. The Hall–Kier alpha value is -1.44. The number of sulfonamides is 1. The number of nitrogens with one attached hydrogen (secondary N) is 1. The van der Waals surface area contributed by atoms with Crippen LogP contribution in [0.2, 0.25) is 0 Å². The molecule has 1 unspecified atom stereocenters. The zero-order chi connectivity index (χ0) is 15.0. The van der Waals surface area contributed by atoms with Gasteiger partial charge in [0.1, 0.15) is 0 Å². The van der Waals surface area contributed by atoms with Gasteiger partial charge in [-0.2, -0.15) is 0 Å². The first kappa shape index (κ1) is 16.6. The molecule has 0 heterocycles. The van der Waals surface area contributed by atoms with Crippen LogP contribution in [0, 0.1) is 0 Å². The second-order valence-electron chi connectivity index (χ2n) is 4.17. The average molecular weight is 301 g/mol. The highest BCUT2D eigenvalue weighted by atomic mass is 32.2. The minimum absolute atomic E-state index is 0.0922. The fraction of sp³-hybridized carbons (Fsp3) is 0.462. The van der Waals surface area contributed by atoms with E-state index in [1.165, 1.54) is 0 Å². The first-order chi connectivity index (χ1) is 9.46. The van der Waals surface area contributed by atoms with Gasteiger partial charge in [-0.3, -0.25) is 4.79 Å². The van der Waals surface area contributed by atoms with Crippen LogP contribution in [0.1, 0.15) is 18.4 Å². The van der Waals surface area contributed by atoms with Crippen molar-refractivity contribution >= 4 is 16.0 Å². The van der Waals surface area contributed by atoms with Crippen LogP contribution in [0.5, 0.6) is 0 Å². The lowest BCUT2D eigenvalue weighted by Gasteiger charge is -2.14. The maximum absolute atomic E-state index is 11.7. The number of benzene rings is 1. The van der Waals surface area contributed by atoms with Crippen molar-refractivity contribution in [3.63, 3.8) is 0 Å². The second-order valence-corrected chi connectivity index (χ2v) is 6.09. The van der Waals surface area contributed by atoms with Crippen LogP contribution in [-0.4, -0.2) is 45.0 Å². The third-order valence-electron chi connectivity index (χ3n) is 2.71. The zero-order valence-electron chi connectivity index (χ0n) is 11.3. The Kier molecular flexibility index (Phi) is 6.63. The number of hydrogen-bond acceptors (Lipinski definition) is 4. The second kappa shape index (κ2) is 7.98. The average Bonchev–Trinajstić information content (AvgIpc) is 2.40. The summed E-state index contributed by atoms with van der Waals surface area (Å²) in [5, 5.41) is 9.18. The largest absolute Gasteiger partial charge is 0.481 e. The van der Waals surface area contributed by atoms with E-state index in [1.54, 1.807) is 37.3 Å². The van der Waals surface area contributed by atoms with Crippen LogP contribution in [0.3, 0.4) is 0 Å². The first-order valence-corrected chi connectivity index (χ1v) is 7.94. The molecule has 0 aliphatic carbocycles. The molecule has 0 aliphatic heterocycles. The van der Waals surface area contributed by atoms with E-state index in [0.717, 1.165) is 0 Å². The predicted molar refractivity (Wildman–Crippen MR) is 75.1 cm³/mol. The summed E-state index contributed by atoms with van der Waals surface area (Å²) in [5.74, 6) is -2.15. The number of carboxylic acid groups (broad SMARTS) is 1. The molecule has 6 nitrogen and oxygen atoms in total. The normalized spacial score (nSPS) is 13.1. The van der Waals surface area contributed by atoms with E-state index in [0.29, 0.717) is 12.2 Å². The molecule has 1 rings (SSSR count). The molecular formula is C13H19NO5S. The minimum atomic E-state index is -3.53. The van der Waals surface area contributed by atoms with Crippen molar-refractivity contribution in [1.82, 2.24) is 4.72 Å². The van der Waals surface area contributed by atoms with Gasteiger partial charge in [0.05, 0.1) is 18.3 Å². The van der Waals surface area contributed by atoms with Gasteiger partial charge in [-0.25, -0.2) is 13.1 Å². The van der Waals surface area contributed by atoms with E-state index in [4.69, 9.17) is 4.74 Å². The van der Waals surface area contributed by atoms with Gasteiger partial charge in [-0.15, -0.1) is 0 Å². The maximum Gasteiger partial charge on any atom is 0.312 e. The van der Waals surface area contributed by atoms with Crippen LogP contribution in [-0.2, 0) is 19.6 Å². The van der Waals surface area contributed by atoms with Gasteiger partial charge in [0.2, 0.25) is 10.0 Å². The molecule has 0 fully saturated rings. The lowest BCUT2D eigenvalue weighted by molar-refractivity contribution is -0.138. The van der Waals surface area contributed by atoms with Gasteiger partial charge in [0.15, 0.2) is 0 Å². The van der Waals surface area contributed by atoms with Crippen molar-refractivity contribution in [2.75, 3.05) is 25.5 Å². The van der Waals surface area contributed by atoms with E-state index in [2.05, 4.69) is 4.72 Å². The number of carbonyl (C=O) groups is 1.